The van der Waals surface area contributed by atoms with Crippen LogP contribution < -0.4 is 24.3 Å². The number of carbonyl (C=O) groups is 6. The Bertz CT molecular complexity index is 1630. The van der Waals surface area contributed by atoms with E-state index in [-0.39, 0.29) is 39.8 Å². The first kappa shape index (κ1) is 33.6. The third-order valence-corrected chi connectivity index (χ3v) is 5.84. The van der Waals surface area contributed by atoms with Crippen LogP contribution in [0.15, 0.2) is 60.7 Å². The first-order valence-electron chi connectivity index (χ1n) is 13.1. The van der Waals surface area contributed by atoms with Gasteiger partial charge in [0.2, 0.25) is 12.2 Å². The second-order valence-electron chi connectivity index (χ2n) is 9.27. The maximum atomic E-state index is 13.4. The van der Waals surface area contributed by atoms with Gasteiger partial charge >= 0.3 is 29.8 Å². The van der Waals surface area contributed by atoms with E-state index in [9.17, 15) is 33.9 Å². The Morgan fingerprint density at radius 3 is 1.58 bits per heavy atom. The lowest BCUT2D eigenvalue weighted by Crippen LogP contribution is -2.48. The van der Waals surface area contributed by atoms with Gasteiger partial charge in [-0.05, 0) is 61.0 Å². The molecule has 3 aromatic rings. The molecular weight excluding hydrogens is 594 g/mol. The lowest BCUT2D eigenvalue weighted by atomic mass is 10.1. The van der Waals surface area contributed by atoms with Crippen molar-refractivity contribution in [2.24, 2.45) is 0 Å². The number of anilines is 1. The number of hydrogen-bond acceptors (Lipinski definition) is 12. The maximum Gasteiger partial charge on any atom is 0.349 e. The quantitative estimate of drug-likeness (QED) is 0.221. The standard InChI is InChI=1S/C31H29NO13/c1-16-7-6-8-21(13-16)32-28(35)26(44-30(38)19-9-11-22(42-17(2)33)24(14-19)40-4)27(29(36)37)45-31(39)20-10-12-23(43-18(3)34)25(15-20)41-5/h6-15,26-27H,1-5H3,(H,32,35)(H,36,37)/t26-,27-/m0/s1. The monoisotopic (exact) mass is 623 g/mol. The molecule has 0 spiro atoms. The number of hydrogen-bond donors (Lipinski definition) is 2. The maximum absolute atomic E-state index is 13.4. The summed E-state index contributed by atoms with van der Waals surface area (Å²) >= 11 is 0. The van der Waals surface area contributed by atoms with Gasteiger partial charge in [0.15, 0.2) is 23.0 Å². The zero-order valence-corrected chi connectivity index (χ0v) is 24.8. The van der Waals surface area contributed by atoms with E-state index in [2.05, 4.69) is 5.32 Å². The zero-order chi connectivity index (χ0) is 33.3. The molecule has 3 aromatic carbocycles. The van der Waals surface area contributed by atoms with Crippen LogP contribution in [-0.4, -0.2) is 67.3 Å². The lowest BCUT2D eigenvalue weighted by Gasteiger charge is -2.24. The minimum atomic E-state index is -2.34. The molecule has 0 unspecified atom stereocenters. The summed E-state index contributed by atoms with van der Waals surface area (Å²) in [5.74, 6) is -6.77. The predicted molar refractivity (Wildman–Crippen MR) is 154 cm³/mol. The van der Waals surface area contributed by atoms with Gasteiger partial charge in [0.25, 0.3) is 5.91 Å². The molecule has 14 heteroatoms. The molecule has 0 heterocycles. The van der Waals surface area contributed by atoms with Crippen molar-refractivity contribution in [2.75, 3.05) is 19.5 Å². The van der Waals surface area contributed by atoms with Gasteiger partial charge in [-0.1, -0.05) is 12.1 Å². The summed E-state index contributed by atoms with van der Waals surface area (Å²) in [5, 5.41) is 12.5. The van der Waals surface area contributed by atoms with Gasteiger partial charge in [0, 0.05) is 19.5 Å². The highest BCUT2D eigenvalue weighted by atomic mass is 16.6. The molecule has 2 N–H and O–H groups in total. The van der Waals surface area contributed by atoms with Gasteiger partial charge in [-0.15, -0.1) is 0 Å². The van der Waals surface area contributed by atoms with Gasteiger partial charge in [-0.25, -0.2) is 14.4 Å². The van der Waals surface area contributed by atoms with E-state index in [0.717, 1.165) is 31.5 Å². The fourth-order valence-corrected chi connectivity index (χ4v) is 3.86. The number of carboxylic acid groups (broad SMARTS) is 1. The van der Waals surface area contributed by atoms with Crippen molar-refractivity contribution in [3.8, 4) is 23.0 Å². The molecule has 0 aliphatic rings. The number of esters is 4. The van der Waals surface area contributed by atoms with E-state index in [0.29, 0.717) is 0 Å². The average Bonchev–Trinajstić information content (AvgIpc) is 2.98. The van der Waals surface area contributed by atoms with Crippen LogP contribution in [0.3, 0.4) is 0 Å². The van der Waals surface area contributed by atoms with Crippen molar-refractivity contribution >= 4 is 41.4 Å². The topological polar surface area (TPSA) is 190 Å². The molecule has 0 aromatic heterocycles. The van der Waals surface area contributed by atoms with Crippen LogP contribution in [0, 0.1) is 6.92 Å². The Morgan fingerprint density at radius 2 is 1.16 bits per heavy atom. The van der Waals surface area contributed by atoms with Gasteiger partial charge in [-0.3, -0.25) is 14.4 Å². The fraction of sp³-hybridized carbons (Fsp3) is 0.226. The van der Waals surface area contributed by atoms with E-state index in [1.54, 1.807) is 25.1 Å². The zero-order valence-electron chi connectivity index (χ0n) is 24.8. The van der Waals surface area contributed by atoms with Gasteiger partial charge in [0.1, 0.15) is 0 Å². The number of rotatable bonds is 12. The number of carboxylic acids is 1. The van der Waals surface area contributed by atoms with E-state index in [1.165, 1.54) is 44.6 Å². The molecule has 0 bridgehead atoms. The van der Waals surface area contributed by atoms with Crippen LogP contribution in [0.1, 0.15) is 40.1 Å². The Morgan fingerprint density at radius 1 is 0.667 bits per heavy atom. The molecule has 2 atom stereocenters. The van der Waals surface area contributed by atoms with Crippen LogP contribution in [-0.2, 0) is 28.7 Å². The molecule has 1 amide bonds. The highest BCUT2D eigenvalue weighted by Crippen LogP contribution is 2.30. The third kappa shape index (κ3) is 9.03. The summed E-state index contributed by atoms with van der Waals surface area (Å²) in [7, 11) is 2.50. The summed E-state index contributed by atoms with van der Waals surface area (Å²) in [6.07, 6.45) is -4.55. The molecule has 236 valence electrons. The normalized spacial score (nSPS) is 11.7. The minimum absolute atomic E-state index is 0.0113. The summed E-state index contributed by atoms with van der Waals surface area (Å²) in [4.78, 5) is 74.8. The van der Waals surface area contributed by atoms with Crippen LogP contribution in [0.2, 0.25) is 0 Å². The number of aryl methyl sites for hydroxylation is 1. The highest BCUT2D eigenvalue weighted by molar-refractivity contribution is 6.01. The molecule has 0 saturated carbocycles. The largest absolute Gasteiger partial charge is 0.493 e. The molecule has 0 aliphatic heterocycles. The molecule has 0 radical (unpaired) electrons. The van der Waals surface area contributed by atoms with Crippen LogP contribution in [0.4, 0.5) is 5.69 Å². The number of nitrogens with one attached hydrogen (secondary N) is 1. The summed E-state index contributed by atoms with van der Waals surface area (Å²) in [5.41, 5.74) is 0.560. The molecule has 3 rings (SSSR count). The SMILES string of the molecule is COc1cc(C(=O)O[C@H](C(=O)O)[C@H](OC(=O)c2ccc(OC(C)=O)c(OC)c2)C(=O)Nc2cccc(C)c2)ccc1OC(C)=O. The molecular formula is C31H29NO13. The Kier molecular flexibility index (Phi) is 11.2. The number of ether oxygens (including phenoxy) is 6. The van der Waals surface area contributed by atoms with Crippen molar-refractivity contribution in [3.63, 3.8) is 0 Å². The van der Waals surface area contributed by atoms with E-state index >= 15 is 0 Å². The Hall–Kier alpha value is -5.92. The molecule has 0 saturated heterocycles. The van der Waals surface area contributed by atoms with Crippen molar-refractivity contribution in [3.05, 3.63) is 77.4 Å². The van der Waals surface area contributed by atoms with Crippen LogP contribution in [0.5, 0.6) is 23.0 Å². The molecule has 45 heavy (non-hydrogen) atoms. The second kappa shape index (κ2) is 15.0. The van der Waals surface area contributed by atoms with E-state index < -0.39 is 48.0 Å². The Balaban J connectivity index is 1.97. The van der Waals surface area contributed by atoms with Crippen molar-refractivity contribution in [1.82, 2.24) is 0 Å². The lowest BCUT2D eigenvalue weighted by molar-refractivity contribution is -0.157. The van der Waals surface area contributed by atoms with Gasteiger partial charge < -0.3 is 38.8 Å². The van der Waals surface area contributed by atoms with Crippen molar-refractivity contribution in [1.29, 1.82) is 0 Å². The molecule has 0 aliphatic carbocycles. The number of carbonyl (C=O) groups excluding carboxylic acids is 5. The van der Waals surface area contributed by atoms with Crippen LogP contribution >= 0.6 is 0 Å². The van der Waals surface area contributed by atoms with Gasteiger partial charge in [0.05, 0.1) is 25.3 Å². The van der Waals surface area contributed by atoms with Crippen molar-refractivity contribution in [2.45, 2.75) is 33.0 Å². The number of methoxy groups -OCH3 is 2. The van der Waals surface area contributed by atoms with E-state index in [4.69, 9.17) is 28.4 Å². The summed E-state index contributed by atoms with van der Waals surface area (Å²) in [6.45, 7) is 4.08. The van der Waals surface area contributed by atoms with Gasteiger partial charge in [-0.2, -0.15) is 0 Å². The number of benzene rings is 3. The smallest absolute Gasteiger partial charge is 0.349 e. The number of amides is 1. The van der Waals surface area contributed by atoms with E-state index in [1.807, 2.05) is 0 Å². The Labute approximate surface area is 256 Å². The first-order valence-corrected chi connectivity index (χ1v) is 13.1. The van der Waals surface area contributed by atoms with Crippen LogP contribution in [0.25, 0.3) is 0 Å². The third-order valence-electron chi connectivity index (χ3n) is 5.84. The predicted octanol–water partition coefficient (Wildman–Crippen LogP) is 3.34. The average molecular weight is 624 g/mol. The fourth-order valence-electron chi connectivity index (χ4n) is 3.86. The summed E-state index contributed by atoms with van der Waals surface area (Å²) in [6, 6.07) is 13.6. The summed E-state index contributed by atoms with van der Waals surface area (Å²) < 4.78 is 30.8. The second-order valence-corrected chi connectivity index (χ2v) is 9.27. The molecule has 0 fully saturated rings. The molecule has 14 nitrogen and oxygen atoms in total. The highest BCUT2D eigenvalue weighted by Gasteiger charge is 2.41. The minimum Gasteiger partial charge on any atom is -0.493 e. The number of aliphatic carboxylic acids is 1. The van der Waals surface area contributed by atoms with Crippen molar-refractivity contribution < 1.29 is 62.3 Å². The first-order chi connectivity index (χ1) is 21.3.